The zero-order valence-electron chi connectivity index (χ0n) is 12.8. The molecule has 124 valence electrons. The summed E-state index contributed by atoms with van der Waals surface area (Å²) in [7, 11) is 0. The van der Waals surface area contributed by atoms with Gasteiger partial charge in [-0.05, 0) is 29.8 Å². The van der Waals surface area contributed by atoms with Crippen LogP contribution in [0.15, 0.2) is 71.1 Å². The topological polar surface area (TPSA) is 25.2 Å². The lowest BCUT2D eigenvalue weighted by atomic mass is 10.1. The van der Waals surface area contributed by atoms with Crippen LogP contribution in [0.5, 0.6) is 0 Å². The van der Waals surface area contributed by atoms with Crippen LogP contribution in [0.1, 0.15) is 16.9 Å². The van der Waals surface area contributed by atoms with Crippen LogP contribution in [-0.2, 0) is 19.3 Å². The Morgan fingerprint density at radius 3 is 2.38 bits per heavy atom. The van der Waals surface area contributed by atoms with Crippen molar-refractivity contribution >= 4 is 0 Å². The molecule has 0 atom stereocenters. The summed E-state index contributed by atoms with van der Waals surface area (Å²) in [6, 6.07) is 18.5. The summed E-state index contributed by atoms with van der Waals surface area (Å²) in [6.45, 7) is 1.20. The van der Waals surface area contributed by atoms with Gasteiger partial charge in [0.1, 0.15) is 11.5 Å². The summed E-state index contributed by atoms with van der Waals surface area (Å²) in [4.78, 5) is 0. The lowest BCUT2D eigenvalue weighted by molar-refractivity contribution is -0.137. The molecule has 0 radical (unpaired) electrons. The fourth-order valence-electron chi connectivity index (χ4n) is 2.40. The molecule has 0 aliphatic heterocycles. The number of halogens is 3. The third kappa shape index (κ3) is 4.06. The van der Waals surface area contributed by atoms with Gasteiger partial charge in [0.25, 0.3) is 0 Å². The molecule has 1 N–H and O–H groups in total. The Hall–Kier alpha value is -2.53. The highest BCUT2D eigenvalue weighted by molar-refractivity contribution is 5.58. The van der Waals surface area contributed by atoms with Gasteiger partial charge >= 0.3 is 6.18 Å². The predicted octanol–water partition coefficient (Wildman–Crippen LogP) is 5.26. The minimum absolute atomic E-state index is 0.416. The van der Waals surface area contributed by atoms with E-state index < -0.39 is 11.7 Å². The number of hydrogen-bond acceptors (Lipinski definition) is 2. The summed E-state index contributed by atoms with van der Waals surface area (Å²) >= 11 is 0. The van der Waals surface area contributed by atoms with E-state index in [2.05, 4.69) is 5.32 Å². The van der Waals surface area contributed by atoms with Gasteiger partial charge in [0.2, 0.25) is 0 Å². The van der Waals surface area contributed by atoms with E-state index in [9.17, 15) is 13.2 Å². The van der Waals surface area contributed by atoms with Crippen molar-refractivity contribution in [2.45, 2.75) is 19.3 Å². The Kier molecular flexibility index (Phi) is 4.71. The smallest absolute Gasteiger partial charge is 0.416 e. The molecule has 0 amide bonds. The van der Waals surface area contributed by atoms with Crippen molar-refractivity contribution < 1.29 is 17.6 Å². The Morgan fingerprint density at radius 2 is 1.62 bits per heavy atom. The standard InChI is InChI=1S/C19H16F3NO/c20-19(21,22)16-8-4-7-15(11-16)18-10-9-17(24-18)13-23-12-14-5-2-1-3-6-14/h1-11,23H,12-13H2. The van der Waals surface area contributed by atoms with Gasteiger partial charge in [-0.15, -0.1) is 0 Å². The van der Waals surface area contributed by atoms with Crippen LogP contribution >= 0.6 is 0 Å². The lowest BCUT2D eigenvalue weighted by Gasteiger charge is -2.07. The molecular weight excluding hydrogens is 315 g/mol. The Balaban J connectivity index is 1.65. The highest BCUT2D eigenvalue weighted by Gasteiger charge is 2.30. The third-order valence-corrected chi connectivity index (χ3v) is 3.61. The number of benzene rings is 2. The van der Waals surface area contributed by atoms with E-state index in [-0.39, 0.29) is 0 Å². The molecule has 0 fully saturated rings. The van der Waals surface area contributed by atoms with Crippen molar-refractivity contribution in [3.05, 3.63) is 83.6 Å². The second-order valence-electron chi connectivity index (χ2n) is 5.43. The van der Waals surface area contributed by atoms with Gasteiger partial charge in [0, 0.05) is 12.1 Å². The second-order valence-corrected chi connectivity index (χ2v) is 5.43. The first kappa shape index (κ1) is 16.3. The molecule has 0 spiro atoms. The van der Waals surface area contributed by atoms with Crippen LogP contribution in [0, 0.1) is 0 Å². The number of alkyl halides is 3. The molecule has 0 unspecified atom stereocenters. The van der Waals surface area contributed by atoms with Crippen LogP contribution in [0.3, 0.4) is 0 Å². The molecule has 24 heavy (non-hydrogen) atoms. The molecule has 0 aliphatic rings. The fourth-order valence-corrected chi connectivity index (χ4v) is 2.40. The van der Waals surface area contributed by atoms with Gasteiger partial charge < -0.3 is 9.73 Å². The maximum Gasteiger partial charge on any atom is 0.416 e. The van der Waals surface area contributed by atoms with Crippen LogP contribution in [0.25, 0.3) is 11.3 Å². The van der Waals surface area contributed by atoms with Gasteiger partial charge in [-0.2, -0.15) is 13.2 Å². The highest BCUT2D eigenvalue weighted by atomic mass is 19.4. The average Bonchev–Trinajstić information content (AvgIpc) is 3.04. The number of rotatable bonds is 5. The van der Waals surface area contributed by atoms with Crippen molar-refractivity contribution in [1.29, 1.82) is 0 Å². The van der Waals surface area contributed by atoms with E-state index in [1.165, 1.54) is 6.07 Å². The molecule has 3 aromatic rings. The van der Waals surface area contributed by atoms with Crippen molar-refractivity contribution in [1.82, 2.24) is 5.32 Å². The van der Waals surface area contributed by atoms with E-state index in [0.717, 1.165) is 17.7 Å². The summed E-state index contributed by atoms with van der Waals surface area (Å²) in [6.07, 6.45) is -4.36. The maximum absolute atomic E-state index is 12.8. The number of furan rings is 1. The molecular formula is C19H16F3NO. The van der Waals surface area contributed by atoms with Crippen molar-refractivity contribution in [2.75, 3.05) is 0 Å². The Bertz CT molecular complexity index is 794. The number of hydrogen-bond donors (Lipinski definition) is 1. The first-order valence-electron chi connectivity index (χ1n) is 7.53. The molecule has 0 aliphatic carbocycles. The van der Waals surface area contributed by atoms with E-state index >= 15 is 0 Å². The molecule has 0 bridgehead atoms. The summed E-state index contributed by atoms with van der Waals surface area (Å²) in [5, 5.41) is 3.24. The minimum Gasteiger partial charge on any atom is -0.460 e. The first-order valence-corrected chi connectivity index (χ1v) is 7.53. The van der Waals surface area contributed by atoms with Crippen molar-refractivity contribution in [2.24, 2.45) is 0 Å². The molecule has 1 heterocycles. The lowest BCUT2D eigenvalue weighted by Crippen LogP contribution is -2.11. The van der Waals surface area contributed by atoms with Crippen LogP contribution in [0.2, 0.25) is 0 Å². The van der Waals surface area contributed by atoms with Gasteiger partial charge in [0.15, 0.2) is 0 Å². The Morgan fingerprint density at radius 1 is 0.833 bits per heavy atom. The van der Waals surface area contributed by atoms with Gasteiger partial charge in [0.05, 0.1) is 12.1 Å². The molecule has 0 saturated heterocycles. The monoisotopic (exact) mass is 331 g/mol. The second kappa shape index (κ2) is 6.93. The third-order valence-electron chi connectivity index (χ3n) is 3.61. The van der Waals surface area contributed by atoms with Crippen molar-refractivity contribution in [3.63, 3.8) is 0 Å². The quantitative estimate of drug-likeness (QED) is 0.690. The molecule has 5 heteroatoms. The normalized spacial score (nSPS) is 11.6. The predicted molar refractivity (Wildman–Crippen MR) is 86.1 cm³/mol. The largest absolute Gasteiger partial charge is 0.460 e. The molecule has 0 saturated carbocycles. The van der Waals surface area contributed by atoms with Gasteiger partial charge in [-0.25, -0.2) is 0 Å². The molecule has 2 nitrogen and oxygen atoms in total. The van der Waals surface area contributed by atoms with Crippen molar-refractivity contribution in [3.8, 4) is 11.3 Å². The fraction of sp³-hybridized carbons (Fsp3) is 0.158. The van der Waals surface area contributed by atoms with Gasteiger partial charge in [-0.1, -0.05) is 42.5 Å². The Labute approximate surface area is 137 Å². The van der Waals surface area contributed by atoms with E-state index in [0.29, 0.717) is 30.2 Å². The molecule has 3 rings (SSSR count). The summed E-state index contributed by atoms with van der Waals surface area (Å²) in [5.41, 5.74) is 0.890. The first-order chi connectivity index (χ1) is 11.5. The zero-order chi connectivity index (χ0) is 17.0. The highest BCUT2D eigenvalue weighted by Crippen LogP contribution is 2.32. The zero-order valence-corrected chi connectivity index (χ0v) is 12.8. The SMILES string of the molecule is FC(F)(F)c1cccc(-c2ccc(CNCc3ccccc3)o2)c1. The maximum atomic E-state index is 12.8. The van der Waals surface area contributed by atoms with E-state index in [1.54, 1.807) is 18.2 Å². The van der Waals surface area contributed by atoms with Crippen LogP contribution < -0.4 is 5.32 Å². The van der Waals surface area contributed by atoms with Crippen LogP contribution in [-0.4, -0.2) is 0 Å². The average molecular weight is 331 g/mol. The molecule has 2 aromatic carbocycles. The summed E-state index contributed by atoms with van der Waals surface area (Å²) in [5.74, 6) is 1.11. The van der Waals surface area contributed by atoms with E-state index in [1.807, 2.05) is 30.3 Å². The minimum atomic E-state index is -4.36. The molecule has 1 aromatic heterocycles. The van der Waals surface area contributed by atoms with E-state index in [4.69, 9.17) is 4.42 Å². The number of nitrogens with one attached hydrogen (secondary N) is 1. The van der Waals surface area contributed by atoms with Gasteiger partial charge in [-0.3, -0.25) is 0 Å². The van der Waals surface area contributed by atoms with Crippen LogP contribution in [0.4, 0.5) is 13.2 Å². The summed E-state index contributed by atoms with van der Waals surface area (Å²) < 4.78 is 44.0.